The number of thiophene rings is 1. The minimum atomic E-state index is -0.110. The van der Waals surface area contributed by atoms with Crippen LogP contribution >= 0.6 is 46.9 Å². The number of hydrogen-bond acceptors (Lipinski definition) is 4. The van der Waals surface area contributed by atoms with Gasteiger partial charge >= 0.3 is 0 Å². The Morgan fingerprint density at radius 2 is 2.27 bits per heavy atom. The maximum absolute atomic E-state index is 12.8. The first-order chi connectivity index (χ1) is 10.1. The SMILES string of the molecule is Cl.Cn1ccnc1C1CNCCN1C(=O)c1cc(Cl)sc1Cl. The Hall–Kier alpha value is -0.790. The van der Waals surface area contributed by atoms with Crippen molar-refractivity contribution in [1.29, 1.82) is 0 Å². The molecule has 1 saturated heterocycles. The second-order valence-corrected chi connectivity index (χ2v) is 7.14. The Morgan fingerprint density at radius 1 is 1.50 bits per heavy atom. The maximum Gasteiger partial charge on any atom is 0.257 e. The lowest BCUT2D eigenvalue weighted by atomic mass is 10.1. The number of amides is 1. The number of carbonyl (C=O) groups excluding carboxylic acids is 1. The number of piperazine rings is 1. The summed E-state index contributed by atoms with van der Waals surface area (Å²) in [6.07, 6.45) is 3.61. The van der Waals surface area contributed by atoms with Gasteiger partial charge in [0.05, 0.1) is 9.90 Å². The first-order valence-corrected chi connectivity index (χ1v) is 8.09. The van der Waals surface area contributed by atoms with Crippen LogP contribution in [0.4, 0.5) is 0 Å². The van der Waals surface area contributed by atoms with Gasteiger partial charge in [0.15, 0.2) is 0 Å². The molecule has 9 heteroatoms. The van der Waals surface area contributed by atoms with Crippen molar-refractivity contribution >= 4 is 52.9 Å². The van der Waals surface area contributed by atoms with Gasteiger partial charge in [0.2, 0.25) is 0 Å². The van der Waals surface area contributed by atoms with Crippen molar-refractivity contribution in [1.82, 2.24) is 19.8 Å². The average Bonchev–Trinajstić information content (AvgIpc) is 3.03. The summed E-state index contributed by atoms with van der Waals surface area (Å²) >= 11 is 13.3. The van der Waals surface area contributed by atoms with E-state index in [1.807, 2.05) is 22.7 Å². The van der Waals surface area contributed by atoms with Crippen molar-refractivity contribution in [2.75, 3.05) is 19.6 Å². The van der Waals surface area contributed by atoms with E-state index in [0.29, 0.717) is 27.3 Å². The van der Waals surface area contributed by atoms with E-state index in [1.54, 1.807) is 12.3 Å². The van der Waals surface area contributed by atoms with E-state index in [-0.39, 0.29) is 24.4 Å². The highest BCUT2D eigenvalue weighted by Gasteiger charge is 2.32. The topological polar surface area (TPSA) is 50.2 Å². The minimum absolute atomic E-state index is 0. The number of nitrogens with zero attached hydrogens (tertiary/aromatic N) is 3. The third-order valence-electron chi connectivity index (χ3n) is 3.55. The van der Waals surface area contributed by atoms with Gasteiger partial charge in [-0.3, -0.25) is 4.79 Å². The molecule has 3 rings (SSSR count). The highest BCUT2D eigenvalue weighted by molar-refractivity contribution is 7.20. The Labute approximate surface area is 148 Å². The molecule has 0 aliphatic carbocycles. The van der Waals surface area contributed by atoms with Gasteiger partial charge < -0.3 is 14.8 Å². The monoisotopic (exact) mass is 380 g/mol. The zero-order valence-electron chi connectivity index (χ0n) is 11.8. The van der Waals surface area contributed by atoms with Crippen LogP contribution in [0.2, 0.25) is 8.67 Å². The van der Waals surface area contributed by atoms with E-state index in [2.05, 4.69) is 10.3 Å². The Kier molecular flexibility index (Phi) is 5.74. The van der Waals surface area contributed by atoms with Crippen LogP contribution in [0.3, 0.4) is 0 Å². The number of carbonyl (C=O) groups is 1. The molecule has 0 radical (unpaired) electrons. The number of hydrogen-bond donors (Lipinski definition) is 1. The first kappa shape index (κ1) is 17.6. The van der Waals surface area contributed by atoms with Gasteiger partial charge in [-0.25, -0.2) is 4.98 Å². The Balaban J connectivity index is 0.00000176. The highest BCUT2D eigenvalue weighted by Crippen LogP contribution is 2.33. The second kappa shape index (κ2) is 7.19. The molecule has 0 saturated carbocycles. The molecule has 1 N–H and O–H groups in total. The van der Waals surface area contributed by atoms with Gasteiger partial charge in [0.1, 0.15) is 16.2 Å². The summed E-state index contributed by atoms with van der Waals surface area (Å²) < 4.78 is 2.88. The van der Waals surface area contributed by atoms with Gasteiger partial charge in [-0.1, -0.05) is 23.2 Å². The Morgan fingerprint density at radius 3 is 2.86 bits per heavy atom. The zero-order valence-corrected chi connectivity index (χ0v) is 14.9. The fourth-order valence-corrected chi connectivity index (χ4v) is 3.97. The number of aromatic nitrogens is 2. The quantitative estimate of drug-likeness (QED) is 0.870. The van der Waals surface area contributed by atoms with E-state index in [4.69, 9.17) is 23.2 Å². The molecule has 3 heterocycles. The van der Waals surface area contributed by atoms with Crippen LogP contribution in [0.25, 0.3) is 0 Å². The number of imidazole rings is 1. The van der Waals surface area contributed by atoms with Crippen molar-refractivity contribution in [2.45, 2.75) is 6.04 Å². The van der Waals surface area contributed by atoms with Crippen LogP contribution in [0, 0.1) is 0 Å². The van der Waals surface area contributed by atoms with Crippen molar-refractivity contribution in [3.63, 3.8) is 0 Å². The molecule has 0 bridgehead atoms. The van der Waals surface area contributed by atoms with E-state index in [0.717, 1.165) is 12.4 Å². The predicted molar refractivity (Wildman–Crippen MR) is 91.4 cm³/mol. The molecule has 22 heavy (non-hydrogen) atoms. The van der Waals surface area contributed by atoms with Crippen LogP contribution in [0.1, 0.15) is 22.2 Å². The van der Waals surface area contributed by atoms with E-state index < -0.39 is 0 Å². The molecule has 1 amide bonds. The van der Waals surface area contributed by atoms with Crippen molar-refractivity contribution < 1.29 is 4.79 Å². The molecule has 1 unspecified atom stereocenters. The molecule has 1 fully saturated rings. The fourth-order valence-electron chi connectivity index (χ4n) is 2.52. The van der Waals surface area contributed by atoms with Crippen molar-refractivity contribution in [3.05, 3.63) is 38.5 Å². The molecule has 2 aromatic heterocycles. The summed E-state index contributed by atoms with van der Waals surface area (Å²) in [5.74, 6) is 0.755. The number of halogens is 3. The molecule has 0 spiro atoms. The number of nitrogens with one attached hydrogen (secondary N) is 1. The third kappa shape index (κ3) is 3.26. The maximum atomic E-state index is 12.8. The molecule has 0 aromatic carbocycles. The third-order valence-corrected chi connectivity index (χ3v) is 5.04. The molecular weight excluding hydrogens is 367 g/mol. The predicted octanol–water partition coefficient (Wildman–Crippen LogP) is 3.00. The van der Waals surface area contributed by atoms with Crippen LogP contribution in [0.15, 0.2) is 18.5 Å². The van der Waals surface area contributed by atoms with Gasteiger partial charge in [-0.05, 0) is 6.07 Å². The molecule has 1 aliphatic rings. The highest BCUT2D eigenvalue weighted by atomic mass is 35.5. The summed E-state index contributed by atoms with van der Waals surface area (Å²) in [7, 11) is 1.92. The normalized spacial score (nSPS) is 18.1. The van der Waals surface area contributed by atoms with Crippen LogP contribution in [-0.4, -0.2) is 40.0 Å². The zero-order chi connectivity index (χ0) is 15.0. The molecule has 1 aliphatic heterocycles. The van der Waals surface area contributed by atoms with Gasteiger partial charge in [0.25, 0.3) is 5.91 Å². The first-order valence-electron chi connectivity index (χ1n) is 6.51. The number of rotatable bonds is 2. The molecule has 1 atom stereocenters. The standard InChI is InChI=1S/C13H14Cl2N4OS.ClH/c1-18-4-3-17-12(18)9-7-16-2-5-19(9)13(20)8-6-10(14)21-11(8)15;/h3-4,6,9,16H,2,5,7H2,1H3;1H. The fraction of sp³-hybridized carbons (Fsp3) is 0.385. The lowest BCUT2D eigenvalue weighted by Crippen LogP contribution is -2.49. The van der Waals surface area contributed by atoms with Gasteiger partial charge in [0, 0.05) is 39.1 Å². The van der Waals surface area contributed by atoms with Crippen molar-refractivity contribution in [2.24, 2.45) is 7.05 Å². The minimum Gasteiger partial charge on any atom is -0.336 e. The molecular formula is C13H15Cl3N4OS. The molecule has 2 aromatic rings. The summed E-state index contributed by atoms with van der Waals surface area (Å²) in [4.78, 5) is 19.0. The van der Waals surface area contributed by atoms with Crippen molar-refractivity contribution in [3.8, 4) is 0 Å². The smallest absolute Gasteiger partial charge is 0.257 e. The van der Waals surface area contributed by atoms with Gasteiger partial charge in [-0.2, -0.15) is 0 Å². The average molecular weight is 382 g/mol. The summed E-state index contributed by atoms with van der Waals surface area (Å²) in [6, 6.07) is 1.52. The second-order valence-electron chi connectivity index (χ2n) is 4.85. The summed E-state index contributed by atoms with van der Waals surface area (Å²) in [6.45, 7) is 2.04. The van der Waals surface area contributed by atoms with E-state index in [9.17, 15) is 4.79 Å². The lowest BCUT2D eigenvalue weighted by Gasteiger charge is -2.35. The molecule has 5 nitrogen and oxygen atoms in total. The van der Waals surface area contributed by atoms with Gasteiger partial charge in [-0.15, -0.1) is 23.7 Å². The van der Waals surface area contributed by atoms with Crippen LogP contribution in [-0.2, 0) is 7.05 Å². The van der Waals surface area contributed by atoms with Crippen LogP contribution < -0.4 is 5.32 Å². The van der Waals surface area contributed by atoms with Crippen LogP contribution in [0.5, 0.6) is 0 Å². The largest absolute Gasteiger partial charge is 0.336 e. The lowest BCUT2D eigenvalue weighted by molar-refractivity contribution is 0.0621. The Bertz CT molecular complexity index is 672. The summed E-state index contributed by atoms with van der Waals surface area (Å²) in [5, 5.41) is 3.30. The number of aryl methyl sites for hydroxylation is 1. The summed E-state index contributed by atoms with van der Waals surface area (Å²) in [5.41, 5.74) is 0.466. The molecule has 120 valence electrons. The van der Waals surface area contributed by atoms with E-state index >= 15 is 0 Å². The van der Waals surface area contributed by atoms with E-state index in [1.165, 1.54) is 11.3 Å².